The molecular weight excluding hydrogens is 494 g/mol. The Hall–Kier alpha value is -2.55. The highest BCUT2D eigenvalue weighted by Gasteiger charge is 2.33. The SMILES string of the molecule is C/C(=C\c1cncc(Cl)c1)[C@H]1C(=O)C(=O)C[C@H](O)CC[C@H](C)[C@@H](OC(=O)N2CCN(C)CC2)/C=C/[C@@H]1C. The average Bonchev–Trinajstić information content (AvgIpc) is 2.84. The lowest BCUT2D eigenvalue weighted by molar-refractivity contribution is -0.140. The third-order valence-corrected chi connectivity index (χ3v) is 7.44. The fourth-order valence-electron chi connectivity index (χ4n) is 4.85. The standard InChI is InChI=1S/C28H38ClN3O5/c1-18-5-7-23(33)15-24(34)27(35)26(20(3)13-21-14-22(29)17-30-16-21)19(2)6-8-25(18)37-28(36)32-11-9-31(4)10-12-32/h6,8,13-14,16-19,23,25-26,33H,5,7,9-12,15H2,1-4H3/b8-6+,20-13+/t18-,19-,23+,25-,26-/m0/s1. The minimum atomic E-state index is -0.936. The number of nitrogens with zero attached hydrogens (tertiary/aromatic N) is 3. The van der Waals surface area contributed by atoms with Crippen molar-refractivity contribution in [3.63, 3.8) is 0 Å². The first-order chi connectivity index (χ1) is 17.5. The van der Waals surface area contributed by atoms with E-state index in [-0.39, 0.29) is 24.3 Å². The summed E-state index contributed by atoms with van der Waals surface area (Å²) in [4.78, 5) is 47.0. The Morgan fingerprint density at radius 3 is 2.51 bits per heavy atom. The number of pyridine rings is 1. The van der Waals surface area contributed by atoms with Gasteiger partial charge in [-0.15, -0.1) is 0 Å². The van der Waals surface area contributed by atoms with E-state index >= 15 is 0 Å². The van der Waals surface area contributed by atoms with Gasteiger partial charge < -0.3 is 19.6 Å². The van der Waals surface area contributed by atoms with Crippen LogP contribution < -0.4 is 0 Å². The number of aliphatic hydroxyl groups excluding tert-OH is 1. The fraction of sp³-hybridized carbons (Fsp3) is 0.571. The summed E-state index contributed by atoms with van der Waals surface area (Å²) in [7, 11) is 2.02. The average molecular weight is 532 g/mol. The molecule has 1 aromatic rings. The van der Waals surface area contributed by atoms with Crippen molar-refractivity contribution in [3.8, 4) is 0 Å². The van der Waals surface area contributed by atoms with E-state index in [1.54, 1.807) is 30.2 Å². The van der Waals surface area contributed by atoms with Crippen LogP contribution >= 0.6 is 11.6 Å². The number of aromatic nitrogens is 1. The molecule has 37 heavy (non-hydrogen) atoms. The Morgan fingerprint density at radius 1 is 1.14 bits per heavy atom. The maximum Gasteiger partial charge on any atom is 0.410 e. The van der Waals surface area contributed by atoms with Gasteiger partial charge in [0.1, 0.15) is 6.10 Å². The molecule has 0 radical (unpaired) electrons. The molecule has 1 saturated heterocycles. The number of Topliss-reactive ketones (excluding diaryl/α,β-unsaturated/α-hetero) is 2. The molecule has 0 saturated carbocycles. The summed E-state index contributed by atoms with van der Waals surface area (Å²) in [6, 6.07) is 1.74. The first kappa shape index (κ1) is 29.0. The summed E-state index contributed by atoms with van der Waals surface area (Å²) in [5.74, 6) is -2.29. The highest BCUT2D eigenvalue weighted by atomic mass is 35.5. The van der Waals surface area contributed by atoms with Gasteiger partial charge in [0.15, 0.2) is 0 Å². The van der Waals surface area contributed by atoms with Gasteiger partial charge in [-0.05, 0) is 56.4 Å². The molecule has 1 aromatic heterocycles. The monoisotopic (exact) mass is 531 g/mol. The Bertz CT molecular complexity index is 1030. The molecule has 1 N–H and O–H groups in total. The molecule has 3 rings (SSSR count). The van der Waals surface area contributed by atoms with Crippen LogP contribution in [0.5, 0.6) is 0 Å². The smallest absolute Gasteiger partial charge is 0.410 e. The van der Waals surface area contributed by atoms with Crippen molar-refractivity contribution in [3.05, 3.63) is 46.8 Å². The second-order valence-electron chi connectivity index (χ2n) is 10.4. The van der Waals surface area contributed by atoms with Crippen LogP contribution in [0.4, 0.5) is 4.79 Å². The Balaban J connectivity index is 1.88. The van der Waals surface area contributed by atoms with E-state index in [2.05, 4.69) is 9.88 Å². The lowest BCUT2D eigenvalue weighted by Gasteiger charge is -2.33. The molecule has 2 heterocycles. The lowest BCUT2D eigenvalue weighted by atomic mass is 9.80. The van der Waals surface area contributed by atoms with Crippen LogP contribution in [0.25, 0.3) is 6.08 Å². The molecule has 202 valence electrons. The van der Waals surface area contributed by atoms with Gasteiger partial charge in [-0.2, -0.15) is 0 Å². The Labute approximate surface area is 224 Å². The number of hydrogen-bond acceptors (Lipinski definition) is 7. The second kappa shape index (κ2) is 13.3. The van der Waals surface area contributed by atoms with E-state index in [1.807, 2.05) is 33.0 Å². The number of ether oxygens (including phenoxy) is 1. The van der Waals surface area contributed by atoms with E-state index in [0.29, 0.717) is 36.5 Å². The zero-order valence-corrected chi connectivity index (χ0v) is 22.9. The number of ketones is 2. The van der Waals surface area contributed by atoms with Crippen LogP contribution in [0.1, 0.15) is 45.6 Å². The number of aliphatic hydroxyl groups is 1. The summed E-state index contributed by atoms with van der Waals surface area (Å²) in [5, 5.41) is 11.0. The summed E-state index contributed by atoms with van der Waals surface area (Å²) in [5.41, 5.74) is 1.41. The first-order valence-electron chi connectivity index (χ1n) is 12.9. The van der Waals surface area contributed by atoms with Gasteiger partial charge in [0.25, 0.3) is 0 Å². The summed E-state index contributed by atoms with van der Waals surface area (Å²) < 4.78 is 5.93. The van der Waals surface area contributed by atoms with E-state index < -0.39 is 29.7 Å². The number of likely N-dealkylation sites (N-methyl/N-ethyl adjacent to an activating group) is 1. The minimum absolute atomic E-state index is 0.0765. The highest BCUT2D eigenvalue weighted by molar-refractivity contribution is 6.38. The third kappa shape index (κ3) is 8.22. The fourth-order valence-corrected chi connectivity index (χ4v) is 5.03. The lowest BCUT2D eigenvalue weighted by Crippen LogP contribution is -2.48. The molecule has 0 bridgehead atoms. The number of rotatable bonds is 3. The molecule has 1 amide bonds. The molecular formula is C28H38ClN3O5. The van der Waals surface area contributed by atoms with Crippen molar-refractivity contribution in [2.45, 2.75) is 52.2 Å². The normalized spacial score (nSPS) is 29.8. The number of amides is 1. The maximum atomic E-state index is 13.3. The van der Waals surface area contributed by atoms with E-state index in [1.165, 1.54) is 6.20 Å². The molecule has 5 atom stereocenters. The number of hydrogen-bond donors (Lipinski definition) is 1. The van der Waals surface area contributed by atoms with Crippen LogP contribution in [-0.4, -0.2) is 83.0 Å². The number of carbonyl (C=O) groups is 3. The van der Waals surface area contributed by atoms with E-state index in [0.717, 1.165) is 18.7 Å². The van der Waals surface area contributed by atoms with Gasteiger partial charge in [-0.25, -0.2) is 4.79 Å². The maximum absolute atomic E-state index is 13.3. The highest BCUT2D eigenvalue weighted by Crippen LogP contribution is 2.29. The molecule has 9 heteroatoms. The predicted octanol–water partition coefficient (Wildman–Crippen LogP) is 4.02. The molecule has 1 aliphatic carbocycles. The van der Waals surface area contributed by atoms with Crippen molar-refractivity contribution in [2.75, 3.05) is 33.2 Å². The van der Waals surface area contributed by atoms with Crippen molar-refractivity contribution in [1.29, 1.82) is 0 Å². The minimum Gasteiger partial charge on any atom is -0.442 e. The number of carbonyl (C=O) groups excluding carboxylic acids is 3. The third-order valence-electron chi connectivity index (χ3n) is 7.23. The second-order valence-corrected chi connectivity index (χ2v) is 10.8. The molecule has 0 aromatic carbocycles. The summed E-state index contributed by atoms with van der Waals surface area (Å²) >= 11 is 6.07. The van der Waals surface area contributed by atoms with Gasteiger partial charge in [0.05, 0.1) is 17.0 Å². The van der Waals surface area contributed by atoms with E-state index in [9.17, 15) is 19.5 Å². The van der Waals surface area contributed by atoms with Crippen molar-refractivity contribution in [2.24, 2.45) is 17.8 Å². The Kier molecular flexibility index (Phi) is 10.4. The van der Waals surface area contributed by atoms with Crippen LogP contribution in [0.15, 0.2) is 36.2 Å². The summed E-state index contributed by atoms with van der Waals surface area (Å²) in [6.07, 6.45) is 7.49. The zero-order valence-electron chi connectivity index (χ0n) is 22.1. The van der Waals surface area contributed by atoms with Gasteiger partial charge >= 0.3 is 6.09 Å². The molecule has 2 aliphatic rings. The molecule has 8 nitrogen and oxygen atoms in total. The Morgan fingerprint density at radius 2 is 1.84 bits per heavy atom. The van der Waals surface area contributed by atoms with Gasteiger partial charge in [0, 0.05) is 45.0 Å². The quantitative estimate of drug-likeness (QED) is 0.464. The topological polar surface area (TPSA) is 100 Å². The van der Waals surface area contributed by atoms with Gasteiger partial charge in [-0.1, -0.05) is 43.2 Å². The van der Waals surface area contributed by atoms with Crippen LogP contribution in [0.3, 0.4) is 0 Å². The number of allylic oxidation sites excluding steroid dienone is 2. The van der Waals surface area contributed by atoms with Crippen LogP contribution in [0, 0.1) is 17.8 Å². The van der Waals surface area contributed by atoms with Gasteiger partial charge in [-0.3, -0.25) is 14.6 Å². The van der Waals surface area contributed by atoms with Crippen molar-refractivity contribution >= 4 is 35.3 Å². The first-order valence-corrected chi connectivity index (χ1v) is 13.3. The van der Waals surface area contributed by atoms with Crippen LogP contribution in [0.2, 0.25) is 5.02 Å². The van der Waals surface area contributed by atoms with Crippen molar-refractivity contribution < 1.29 is 24.2 Å². The summed E-state index contributed by atoms with van der Waals surface area (Å²) in [6.45, 7) is 8.44. The molecule has 1 aliphatic heterocycles. The van der Waals surface area contributed by atoms with Crippen LogP contribution in [-0.2, 0) is 14.3 Å². The predicted molar refractivity (Wildman–Crippen MR) is 143 cm³/mol. The molecule has 1 fully saturated rings. The largest absolute Gasteiger partial charge is 0.442 e. The number of piperazine rings is 1. The zero-order chi connectivity index (χ0) is 27.1. The van der Waals surface area contributed by atoms with Gasteiger partial charge in [0.2, 0.25) is 11.6 Å². The molecule has 0 unspecified atom stereocenters. The van der Waals surface area contributed by atoms with Crippen molar-refractivity contribution in [1.82, 2.24) is 14.8 Å². The molecule has 0 spiro atoms. The number of halogens is 1. The van der Waals surface area contributed by atoms with E-state index in [4.69, 9.17) is 16.3 Å².